The SMILES string of the molecule is Cc1cc(C(=O)O)cc(-c2ccc3ccccc3n2)c1. The number of carboxylic acids is 1. The van der Waals surface area contributed by atoms with Crippen LogP contribution in [-0.2, 0) is 0 Å². The number of carboxylic acid groups (broad SMARTS) is 1. The summed E-state index contributed by atoms with van der Waals surface area (Å²) in [7, 11) is 0. The number of para-hydroxylation sites is 1. The summed E-state index contributed by atoms with van der Waals surface area (Å²) in [6, 6.07) is 17.1. The van der Waals surface area contributed by atoms with Crippen molar-refractivity contribution in [1.29, 1.82) is 0 Å². The second-order valence-electron chi connectivity index (χ2n) is 4.78. The minimum Gasteiger partial charge on any atom is -0.478 e. The average Bonchev–Trinajstić information content (AvgIpc) is 2.46. The van der Waals surface area contributed by atoms with Crippen molar-refractivity contribution >= 4 is 16.9 Å². The smallest absolute Gasteiger partial charge is 0.335 e. The molecule has 0 saturated heterocycles. The van der Waals surface area contributed by atoms with Crippen LogP contribution in [0.4, 0.5) is 0 Å². The Labute approximate surface area is 116 Å². The van der Waals surface area contributed by atoms with E-state index >= 15 is 0 Å². The summed E-state index contributed by atoms with van der Waals surface area (Å²) in [5.41, 5.74) is 3.72. The third-order valence-corrected chi connectivity index (χ3v) is 3.22. The number of pyridine rings is 1. The van der Waals surface area contributed by atoms with Gasteiger partial charge in [-0.2, -0.15) is 0 Å². The molecule has 3 rings (SSSR count). The summed E-state index contributed by atoms with van der Waals surface area (Å²) in [5, 5.41) is 10.2. The minimum atomic E-state index is -0.921. The van der Waals surface area contributed by atoms with Gasteiger partial charge in [-0.25, -0.2) is 9.78 Å². The second kappa shape index (κ2) is 4.78. The summed E-state index contributed by atoms with van der Waals surface area (Å²) in [4.78, 5) is 15.7. The lowest BCUT2D eigenvalue weighted by Crippen LogP contribution is -1.97. The van der Waals surface area contributed by atoms with Gasteiger partial charge in [0.05, 0.1) is 16.8 Å². The van der Waals surface area contributed by atoms with E-state index in [1.807, 2.05) is 49.4 Å². The number of aromatic nitrogens is 1. The van der Waals surface area contributed by atoms with E-state index in [2.05, 4.69) is 4.98 Å². The molecule has 3 heteroatoms. The summed E-state index contributed by atoms with van der Waals surface area (Å²) in [6.07, 6.45) is 0. The molecular formula is C17H13NO2. The van der Waals surface area contributed by atoms with Gasteiger partial charge in [0.1, 0.15) is 0 Å². The summed E-state index contributed by atoms with van der Waals surface area (Å²) in [6.45, 7) is 1.89. The van der Waals surface area contributed by atoms with E-state index in [0.29, 0.717) is 0 Å². The highest BCUT2D eigenvalue weighted by Crippen LogP contribution is 2.23. The molecule has 0 fully saturated rings. The summed E-state index contributed by atoms with van der Waals surface area (Å²) in [5.74, 6) is -0.921. The van der Waals surface area contributed by atoms with Crippen LogP contribution in [0.3, 0.4) is 0 Å². The molecule has 1 N–H and O–H groups in total. The van der Waals surface area contributed by atoms with E-state index < -0.39 is 5.97 Å². The van der Waals surface area contributed by atoms with Crippen molar-refractivity contribution in [2.24, 2.45) is 0 Å². The molecule has 0 amide bonds. The summed E-state index contributed by atoms with van der Waals surface area (Å²) >= 11 is 0. The van der Waals surface area contributed by atoms with Gasteiger partial charge in [0.2, 0.25) is 0 Å². The van der Waals surface area contributed by atoms with Crippen LogP contribution >= 0.6 is 0 Å². The topological polar surface area (TPSA) is 50.2 Å². The number of aromatic carboxylic acids is 1. The molecule has 0 atom stereocenters. The minimum absolute atomic E-state index is 0.287. The van der Waals surface area contributed by atoms with Crippen molar-refractivity contribution in [2.45, 2.75) is 6.92 Å². The fourth-order valence-electron chi connectivity index (χ4n) is 2.28. The van der Waals surface area contributed by atoms with Crippen LogP contribution < -0.4 is 0 Å². The highest BCUT2D eigenvalue weighted by atomic mass is 16.4. The zero-order valence-electron chi connectivity index (χ0n) is 11.0. The van der Waals surface area contributed by atoms with Crippen molar-refractivity contribution in [3.63, 3.8) is 0 Å². The highest BCUT2D eigenvalue weighted by Gasteiger charge is 2.08. The molecule has 98 valence electrons. The van der Waals surface area contributed by atoms with Gasteiger partial charge in [0, 0.05) is 10.9 Å². The molecule has 2 aromatic carbocycles. The van der Waals surface area contributed by atoms with E-state index in [-0.39, 0.29) is 5.56 Å². The van der Waals surface area contributed by atoms with Gasteiger partial charge < -0.3 is 5.11 Å². The zero-order valence-corrected chi connectivity index (χ0v) is 11.0. The molecule has 3 nitrogen and oxygen atoms in total. The van der Waals surface area contributed by atoms with Crippen LogP contribution in [-0.4, -0.2) is 16.1 Å². The molecule has 0 unspecified atom stereocenters. The normalized spacial score (nSPS) is 10.7. The fourth-order valence-corrected chi connectivity index (χ4v) is 2.28. The molecule has 0 radical (unpaired) electrons. The monoisotopic (exact) mass is 263 g/mol. The molecule has 20 heavy (non-hydrogen) atoms. The molecule has 0 saturated carbocycles. The third kappa shape index (κ3) is 2.26. The maximum Gasteiger partial charge on any atom is 0.335 e. The number of carbonyl (C=O) groups is 1. The van der Waals surface area contributed by atoms with Gasteiger partial charge in [-0.15, -0.1) is 0 Å². The van der Waals surface area contributed by atoms with Crippen LogP contribution in [0.1, 0.15) is 15.9 Å². The predicted octanol–water partition coefficient (Wildman–Crippen LogP) is 3.91. The molecule has 1 heterocycles. The number of hydrogen-bond donors (Lipinski definition) is 1. The summed E-state index contributed by atoms with van der Waals surface area (Å²) < 4.78 is 0. The number of nitrogens with zero attached hydrogens (tertiary/aromatic N) is 1. The Balaban J connectivity index is 2.17. The molecular weight excluding hydrogens is 250 g/mol. The molecule has 3 aromatic rings. The van der Waals surface area contributed by atoms with Gasteiger partial charge in [0.15, 0.2) is 0 Å². The zero-order chi connectivity index (χ0) is 14.1. The third-order valence-electron chi connectivity index (χ3n) is 3.22. The lowest BCUT2D eigenvalue weighted by Gasteiger charge is -2.06. The highest BCUT2D eigenvalue weighted by molar-refractivity contribution is 5.90. The van der Waals surface area contributed by atoms with Crippen LogP contribution in [0.15, 0.2) is 54.6 Å². The maximum absolute atomic E-state index is 11.1. The Morgan fingerprint density at radius 2 is 1.85 bits per heavy atom. The lowest BCUT2D eigenvalue weighted by atomic mass is 10.0. The molecule has 0 aliphatic rings. The average molecular weight is 263 g/mol. The van der Waals surface area contributed by atoms with E-state index in [1.165, 1.54) is 0 Å². The second-order valence-corrected chi connectivity index (χ2v) is 4.78. The Kier molecular flexibility index (Phi) is 2.95. The van der Waals surface area contributed by atoms with Crippen LogP contribution in [0, 0.1) is 6.92 Å². The quantitative estimate of drug-likeness (QED) is 0.762. The van der Waals surface area contributed by atoms with Crippen LogP contribution in [0.2, 0.25) is 0 Å². The van der Waals surface area contributed by atoms with Gasteiger partial charge in [-0.1, -0.05) is 24.3 Å². The number of benzene rings is 2. The molecule has 1 aromatic heterocycles. The molecule has 0 aliphatic carbocycles. The Morgan fingerprint density at radius 3 is 2.65 bits per heavy atom. The fraction of sp³-hybridized carbons (Fsp3) is 0.0588. The number of rotatable bonds is 2. The largest absolute Gasteiger partial charge is 0.478 e. The first kappa shape index (κ1) is 12.4. The van der Waals surface area contributed by atoms with Crippen molar-refractivity contribution in [2.75, 3.05) is 0 Å². The van der Waals surface area contributed by atoms with Crippen molar-refractivity contribution in [3.05, 3.63) is 65.7 Å². The first-order valence-corrected chi connectivity index (χ1v) is 6.35. The first-order valence-electron chi connectivity index (χ1n) is 6.35. The maximum atomic E-state index is 11.1. The van der Waals surface area contributed by atoms with E-state index in [1.54, 1.807) is 12.1 Å². The van der Waals surface area contributed by atoms with Crippen molar-refractivity contribution in [3.8, 4) is 11.3 Å². The van der Waals surface area contributed by atoms with Crippen LogP contribution in [0.5, 0.6) is 0 Å². The van der Waals surface area contributed by atoms with Gasteiger partial charge in [0.25, 0.3) is 0 Å². The predicted molar refractivity (Wildman–Crippen MR) is 78.9 cm³/mol. The first-order chi connectivity index (χ1) is 9.63. The molecule has 0 spiro atoms. The van der Waals surface area contributed by atoms with Crippen molar-refractivity contribution in [1.82, 2.24) is 4.98 Å². The molecule has 0 aliphatic heterocycles. The van der Waals surface area contributed by atoms with Crippen molar-refractivity contribution < 1.29 is 9.90 Å². The number of aryl methyl sites for hydroxylation is 1. The standard InChI is InChI=1S/C17H13NO2/c1-11-8-13(10-14(9-11)17(19)20)16-7-6-12-4-2-3-5-15(12)18-16/h2-10H,1H3,(H,19,20). The molecule has 0 bridgehead atoms. The van der Waals surface area contributed by atoms with Crippen LogP contribution in [0.25, 0.3) is 22.2 Å². The van der Waals surface area contributed by atoms with Gasteiger partial charge in [-0.3, -0.25) is 0 Å². The Bertz CT molecular complexity index is 809. The number of fused-ring (bicyclic) bond motifs is 1. The van der Waals surface area contributed by atoms with E-state index in [4.69, 9.17) is 5.11 Å². The lowest BCUT2D eigenvalue weighted by molar-refractivity contribution is 0.0697. The van der Waals surface area contributed by atoms with Gasteiger partial charge >= 0.3 is 5.97 Å². The van der Waals surface area contributed by atoms with Gasteiger partial charge in [-0.05, 0) is 42.8 Å². The number of hydrogen-bond acceptors (Lipinski definition) is 2. The Morgan fingerprint density at radius 1 is 1.05 bits per heavy atom. The van der Waals surface area contributed by atoms with E-state index in [0.717, 1.165) is 27.7 Å². The van der Waals surface area contributed by atoms with E-state index in [9.17, 15) is 4.79 Å². The Hall–Kier alpha value is -2.68.